The Morgan fingerprint density at radius 1 is 0.973 bits per heavy atom. The van der Waals surface area contributed by atoms with Crippen molar-refractivity contribution >= 4 is 39.7 Å². The van der Waals surface area contributed by atoms with Gasteiger partial charge in [0.2, 0.25) is 5.78 Å². The van der Waals surface area contributed by atoms with Crippen LogP contribution in [0.1, 0.15) is 21.6 Å². The molecule has 0 aliphatic heterocycles. The summed E-state index contributed by atoms with van der Waals surface area (Å²) in [6, 6.07) is 23.3. The molecule has 5 rings (SSSR count). The Balaban J connectivity index is 1.74. The summed E-state index contributed by atoms with van der Waals surface area (Å²) in [5.41, 5.74) is 4.12. The first-order valence-corrected chi connectivity index (χ1v) is 11.6. The molecule has 37 heavy (non-hydrogen) atoms. The third-order valence-corrected chi connectivity index (χ3v) is 6.42. The molecule has 0 bridgehead atoms. The number of rotatable bonds is 8. The normalized spacial score (nSPS) is 11.1. The highest BCUT2D eigenvalue weighted by Crippen LogP contribution is 2.40. The van der Waals surface area contributed by atoms with Gasteiger partial charge in [-0.1, -0.05) is 54.6 Å². The van der Waals surface area contributed by atoms with Crippen molar-refractivity contribution in [2.45, 2.75) is 13.5 Å². The number of carboxylic acids is 1. The van der Waals surface area contributed by atoms with E-state index in [1.165, 1.54) is 12.1 Å². The van der Waals surface area contributed by atoms with Crippen LogP contribution in [-0.2, 0) is 16.1 Å². The summed E-state index contributed by atoms with van der Waals surface area (Å²) >= 11 is 0. The molecule has 184 valence electrons. The van der Waals surface area contributed by atoms with E-state index in [1.807, 2.05) is 53.1 Å². The van der Waals surface area contributed by atoms with Gasteiger partial charge in [-0.25, -0.2) is 9.18 Å². The zero-order valence-electron chi connectivity index (χ0n) is 19.9. The van der Waals surface area contributed by atoms with Crippen molar-refractivity contribution in [3.63, 3.8) is 0 Å². The zero-order chi connectivity index (χ0) is 26.1. The van der Waals surface area contributed by atoms with Crippen molar-refractivity contribution in [1.82, 2.24) is 4.57 Å². The lowest BCUT2D eigenvalue weighted by Gasteiger charge is -2.13. The SMILES string of the molecule is Cc1c(C(=O)C=O)c2c(OCC(=O)O)cc3ccccc3c2n1Cc1cccc(-c2ccc(F)cc2)c1. The molecule has 0 saturated carbocycles. The molecule has 0 aliphatic carbocycles. The molecule has 6 nitrogen and oxygen atoms in total. The van der Waals surface area contributed by atoms with Gasteiger partial charge in [-0.3, -0.25) is 9.59 Å². The maximum atomic E-state index is 13.4. The third-order valence-electron chi connectivity index (χ3n) is 6.42. The highest BCUT2D eigenvalue weighted by atomic mass is 19.1. The van der Waals surface area contributed by atoms with Crippen LogP contribution in [-0.4, -0.2) is 34.3 Å². The molecule has 4 aromatic carbocycles. The molecule has 5 aromatic rings. The second-order valence-corrected chi connectivity index (χ2v) is 8.74. The standard InChI is InChI=1S/C30H22FNO5/c1-18-28(25(34)16-33)29-26(37-17-27(35)36)14-22-6-2-3-8-24(22)30(29)32(18)15-19-5-4-7-21(13-19)20-9-11-23(31)12-10-20/h2-14,16H,15,17H2,1H3,(H,35,36). The molecule has 0 fully saturated rings. The fourth-order valence-corrected chi connectivity index (χ4v) is 4.79. The summed E-state index contributed by atoms with van der Waals surface area (Å²) < 4.78 is 21.0. The number of aldehydes is 1. The number of halogens is 1. The smallest absolute Gasteiger partial charge is 0.341 e. The number of ketones is 1. The van der Waals surface area contributed by atoms with Crippen molar-refractivity contribution in [1.29, 1.82) is 0 Å². The Hall–Kier alpha value is -4.78. The Kier molecular flexibility index (Phi) is 6.27. The average molecular weight is 496 g/mol. The molecule has 1 N–H and O–H groups in total. The van der Waals surface area contributed by atoms with Crippen LogP contribution in [0.3, 0.4) is 0 Å². The van der Waals surface area contributed by atoms with E-state index in [9.17, 15) is 23.9 Å². The summed E-state index contributed by atoms with van der Waals surface area (Å²) in [4.78, 5) is 35.7. The molecule has 0 unspecified atom stereocenters. The predicted molar refractivity (Wildman–Crippen MR) is 139 cm³/mol. The minimum absolute atomic E-state index is 0.186. The highest BCUT2D eigenvalue weighted by Gasteiger charge is 2.25. The topological polar surface area (TPSA) is 85.6 Å². The van der Waals surface area contributed by atoms with Crippen molar-refractivity contribution in [3.8, 4) is 16.9 Å². The second-order valence-electron chi connectivity index (χ2n) is 8.74. The van der Waals surface area contributed by atoms with E-state index < -0.39 is 18.4 Å². The number of carboxylic acid groups (broad SMARTS) is 1. The first kappa shape index (κ1) is 23.9. The van der Waals surface area contributed by atoms with Crippen molar-refractivity contribution in [2.24, 2.45) is 0 Å². The van der Waals surface area contributed by atoms with Gasteiger partial charge in [0.05, 0.1) is 16.5 Å². The molecular formula is C30H22FNO5. The number of ether oxygens (including phenoxy) is 1. The second kappa shape index (κ2) is 9.70. The van der Waals surface area contributed by atoms with Crippen LogP contribution in [0.4, 0.5) is 4.39 Å². The third kappa shape index (κ3) is 4.47. The van der Waals surface area contributed by atoms with Gasteiger partial charge in [-0.05, 0) is 53.3 Å². The number of carbonyl (C=O) groups is 3. The molecular weight excluding hydrogens is 473 g/mol. The Bertz CT molecular complexity index is 1680. The fraction of sp³-hybridized carbons (Fsp3) is 0.100. The van der Waals surface area contributed by atoms with Gasteiger partial charge in [0.1, 0.15) is 11.6 Å². The lowest BCUT2D eigenvalue weighted by molar-refractivity contribution is -0.139. The van der Waals surface area contributed by atoms with Gasteiger partial charge in [0.25, 0.3) is 0 Å². The molecule has 7 heteroatoms. The van der Waals surface area contributed by atoms with E-state index in [-0.39, 0.29) is 23.4 Å². The van der Waals surface area contributed by atoms with Crippen LogP contribution in [0.15, 0.2) is 78.9 Å². The number of aromatic nitrogens is 1. The van der Waals surface area contributed by atoms with E-state index in [2.05, 4.69) is 0 Å². The van der Waals surface area contributed by atoms with Crippen LogP contribution in [0.2, 0.25) is 0 Å². The van der Waals surface area contributed by atoms with E-state index in [0.717, 1.165) is 27.5 Å². The van der Waals surface area contributed by atoms with Crippen molar-refractivity contribution in [3.05, 3.63) is 102 Å². The Morgan fingerprint density at radius 2 is 1.73 bits per heavy atom. The number of hydrogen-bond donors (Lipinski definition) is 1. The molecule has 0 aliphatic rings. The van der Waals surface area contributed by atoms with Crippen LogP contribution in [0, 0.1) is 12.7 Å². The number of Topliss-reactive ketones (excluding diaryl/α,β-unsaturated/α-hetero) is 1. The first-order chi connectivity index (χ1) is 17.9. The van der Waals surface area contributed by atoms with Crippen LogP contribution < -0.4 is 4.74 Å². The quantitative estimate of drug-likeness (QED) is 0.167. The van der Waals surface area contributed by atoms with Gasteiger partial charge >= 0.3 is 5.97 Å². The molecule has 1 heterocycles. The summed E-state index contributed by atoms with van der Waals surface area (Å²) in [6.45, 7) is 1.54. The Morgan fingerprint density at radius 3 is 2.46 bits per heavy atom. The average Bonchev–Trinajstić information content (AvgIpc) is 3.19. The van der Waals surface area contributed by atoms with Gasteiger partial charge in [0, 0.05) is 17.6 Å². The van der Waals surface area contributed by atoms with E-state index in [1.54, 1.807) is 25.1 Å². The minimum Gasteiger partial charge on any atom is -0.481 e. The predicted octanol–water partition coefficient (Wildman–Crippen LogP) is 5.80. The lowest BCUT2D eigenvalue weighted by Crippen LogP contribution is -2.10. The van der Waals surface area contributed by atoms with E-state index >= 15 is 0 Å². The summed E-state index contributed by atoms with van der Waals surface area (Å²) in [7, 11) is 0. The van der Waals surface area contributed by atoms with Gasteiger partial charge in [-0.15, -0.1) is 0 Å². The number of nitrogens with zero attached hydrogens (tertiary/aromatic N) is 1. The number of benzene rings is 4. The molecule has 0 saturated heterocycles. The monoisotopic (exact) mass is 495 g/mol. The van der Waals surface area contributed by atoms with Gasteiger partial charge in [0.15, 0.2) is 12.9 Å². The molecule has 0 spiro atoms. The van der Waals surface area contributed by atoms with Gasteiger partial charge in [-0.2, -0.15) is 0 Å². The molecule has 0 atom stereocenters. The summed E-state index contributed by atoms with van der Waals surface area (Å²) in [6.07, 6.45) is 0.261. The van der Waals surface area contributed by atoms with Crippen molar-refractivity contribution < 1.29 is 28.6 Å². The summed E-state index contributed by atoms with van der Waals surface area (Å²) in [5.74, 6) is -1.95. The molecule has 0 radical (unpaired) electrons. The minimum atomic E-state index is -1.15. The maximum Gasteiger partial charge on any atom is 0.341 e. The van der Waals surface area contributed by atoms with Gasteiger partial charge < -0.3 is 14.4 Å². The maximum absolute atomic E-state index is 13.4. The molecule has 1 aromatic heterocycles. The number of fused-ring (bicyclic) bond motifs is 3. The Labute approximate surface area is 211 Å². The number of carbonyl (C=O) groups excluding carboxylic acids is 2. The fourth-order valence-electron chi connectivity index (χ4n) is 4.79. The van der Waals surface area contributed by atoms with Crippen LogP contribution in [0.5, 0.6) is 5.75 Å². The largest absolute Gasteiger partial charge is 0.481 e. The molecule has 0 amide bonds. The van der Waals surface area contributed by atoms with Crippen molar-refractivity contribution in [2.75, 3.05) is 6.61 Å². The lowest BCUT2D eigenvalue weighted by atomic mass is 10.0. The zero-order valence-corrected chi connectivity index (χ0v) is 19.9. The van der Waals surface area contributed by atoms with E-state index in [4.69, 9.17) is 4.74 Å². The van der Waals surface area contributed by atoms with Crippen LogP contribution >= 0.6 is 0 Å². The first-order valence-electron chi connectivity index (χ1n) is 11.6. The van der Waals surface area contributed by atoms with Crippen LogP contribution in [0.25, 0.3) is 32.8 Å². The highest BCUT2D eigenvalue weighted by molar-refractivity contribution is 6.38. The van der Waals surface area contributed by atoms with E-state index in [0.29, 0.717) is 23.1 Å². The number of hydrogen-bond acceptors (Lipinski definition) is 4. The number of aliphatic carboxylic acids is 1. The summed E-state index contributed by atoms with van der Waals surface area (Å²) in [5, 5.41) is 11.2.